The molecule has 0 unspecified atom stereocenters. The van der Waals surface area contributed by atoms with Crippen molar-refractivity contribution in [3.8, 4) is 0 Å². The fourth-order valence-electron chi connectivity index (χ4n) is 2.12. The van der Waals surface area contributed by atoms with Crippen molar-refractivity contribution in [2.75, 3.05) is 11.9 Å². The van der Waals surface area contributed by atoms with E-state index in [1.807, 2.05) is 36.4 Å². The van der Waals surface area contributed by atoms with Crippen molar-refractivity contribution in [2.45, 2.75) is 13.5 Å². The zero-order chi connectivity index (χ0) is 16.2. The molecule has 2 aromatic carbocycles. The lowest BCUT2D eigenvalue weighted by molar-refractivity contribution is 0.0526. The van der Waals surface area contributed by atoms with Crippen molar-refractivity contribution in [1.29, 1.82) is 0 Å². The van der Waals surface area contributed by atoms with Crippen LogP contribution in [0.5, 0.6) is 0 Å². The average Bonchev–Trinajstić information content (AvgIpc) is 2.96. The van der Waals surface area contributed by atoms with E-state index in [1.165, 1.54) is 11.3 Å². The number of nitrogens with one attached hydrogen (secondary N) is 1. The lowest BCUT2D eigenvalue weighted by Gasteiger charge is -2.02. The predicted octanol–water partition coefficient (Wildman–Crippen LogP) is 4.74. The standard InChI is InChI=1S/C17H15ClN2O2S/c1-2-22-16(21)12-5-8-14-15(9-12)23-17(20-14)19-10-11-3-6-13(18)7-4-11/h3-9H,2,10H2,1H3,(H,19,20). The number of thiazole rings is 1. The van der Waals surface area contributed by atoms with E-state index in [0.717, 1.165) is 25.9 Å². The Labute approximate surface area is 143 Å². The molecule has 0 spiro atoms. The zero-order valence-electron chi connectivity index (χ0n) is 12.5. The van der Waals surface area contributed by atoms with Crippen molar-refractivity contribution in [1.82, 2.24) is 4.98 Å². The molecule has 0 atom stereocenters. The Balaban J connectivity index is 1.74. The summed E-state index contributed by atoms with van der Waals surface area (Å²) < 4.78 is 5.97. The Morgan fingerprint density at radius 1 is 1.26 bits per heavy atom. The molecule has 4 nitrogen and oxygen atoms in total. The molecule has 3 rings (SSSR count). The SMILES string of the molecule is CCOC(=O)c1ccc2nc(NCc3ccc(Cl)cc3)sc2c1. The number of ether oxygens (including phenoxy) is 1. The summed E-state index contributed by atoms with van der Waals surface area (Å²) >= 11 is 7.39. The molecule has 1 N–H and O–H groups in total. The van der Waals surface area contributed by atoms with Crippen molar-refractivity contribution in [2.24, 2.45) is 0 Å². The van der Waals surface area contributed by atoms with E-state index in [-0.39, 0.29) is 5.97 Å². The van der Waals surface area contributed by atoms with Crippen LogP contribution in [-0.4, -0.2) is 17.6 Å². The molecule has 0 amide bonds. The Bertz CT molecular complexity index is 830. The van der Waals surface area contributed by atoms with Gasteiger partial charge in [-0.1, -0.05) is 35.1 Å². The van der Waals surface area contributed by atoms with Crippen molar-refractivity contribution >= 4 is 44.3 Å². The number of carbonyl (C=O) groups excluding carboxylic acids is 1. The molecular formula is C17H15ClN2O2S. The van der Waals surface area contributed by atoms with E-state index in [9.17, 15) is 4.79 Å². The highest BCUT2D eigenvalue weighted by Crippen LogP contribution is 2.27. The highest BCUT2D eigenvalue weighted by atomic mass is 35.5. The molecule has 6 heteroatoms. The Kier molecular flexibility index (Phi) is 4.79. The van der Waals surface area contributed by atoms with Crippen LogP contribution < -0.4 is 5.32 Å². The molecule has 0 aliphatic heterocycles. The number of fused-ring (bicyclic) bond motifs is 1. The smallest absolute Gasteiger partial charge is 0.338 e. The fraction of sp³-hybridized carbons (Fsp3) is 0.176. The maximum atomic E-state index is 11.8. The van der Waals surface area contributed by atoms with Gasteiger partial charge in [0.15, 0.2) is 5.13 Å². The normalized spacial score (nSPS) is 10.7. The van der Waals surface area contributed by atoms with Gasteiger partial charge in [-0.05, 0) is 42.8 Å². The van der Waals surface area contributed by atoms with Gasteiger partial charge in [-0.3, -0.25) is 0 Å². The van der Waals surface area contributed by atoms with Gasteiger partial charge in [0.25, 0.3) is 0 Å². The molecule has 3 aromatic rings. The van der Waals surface area contributed by atoms with Gasteiger partial charge in [0.1, 0.15) is 0 Å². The van der Waals surface area contributed by atoms with Crippen LogP contribution >= 0.6 is 22.9 Å². The quantitative estimate of drug-likeness (QED) is 0.678. The topological polar surface area (TPSA) is 51.2 Å². The second kappa shape index (κ2) is 6.98. The Morgan fingerprint density at radius 2 is 2.04 bits per heavy atom. The monoisotopic (exact) mass is 346 g/mol. The number of nitrogens with zero attached hydrogens (tertiary/aromatic N) is 1. The lowest BCUT2D eigenvalue weighted by Crippen LogP contribution is -2.03. The molecule has 23 heavy (non-hydrogen) atoms. The minimum atomic E-state index is -0.307. The number of anilines is 1. The summed E-state index contributed by atoms with van der Waals surface area (Å²) in [6.07, 6.45) is 0. The molecule has 1 aromatic heterocycles. The van der Waals surface area contributed by atoms with Crippen LogP contribution in [0.15, 0.2) is 42.5 Å². The summed E-state index contributed by atoms with van der Waals surface area (Å²) in [5.41, 5.74) is 2.54. The number of rotatable bonds is 5. The minimum Gasteiger partial charge on any atom is -0.462 e. The molecule has 0 bridgehead atoms. The van der Waals surface area contributed by atoms with E-state index in [1.54, 1.807) is 13.0 Å². The number of hydrogen-bond donors (Lipinski definition) is 1. The van der Waals surface area contributed by atoms with Crippen LogP contribution in [-0.2, 0) is 11.3 Å². The minimum absolute atomic E-state index is 0.307. The van der Waals surface area contributed by atoms with E-state index in [4.69, 9.17) is 16.3 Å². The van der Waals surface area contributed by atoms with Gasteiger partial charge in [0.05, 0.1) is 22.4 Å². The molecule has 0 aliphatic rings. The number of halogens is 1. The number of aromatic nitrogens is 1. The molecule has 1 heterocycles. The first-order valence-electron chi connectivity index (χ1n) is 7.21. The van der Waals surface area contributed by atoms with Crippen LogP contribution in [0.2, 0.25) is 5.02 Å². The van der Waals surface area contributed by atoms with Gasteiger partial charge in [-0.2, -0.15) is 0 Å². The predicted molar refractivity (Wildman–Crippen MR) is 94.4 cm³/mol. The third-order valence-electron chi connectivity index (χ3n) is 3.26. The van der Waals surface area contributed by atoms with Crippen LogP contribution in [0.3, 0.4) is 0 Å². The van der Waals surface area contributed by atoms with Gasteiger partial charge in [0, 0.05) is 11.6 Å². The highest BCUT2D eigenvalue weighted by Gasteiger charge is 2.10. The summed E-state index contributed by atoms with van der Waals surface area (Å²) in [6.45, 7) is 2.83. The largest absolute Gasteiger partial charge is 0.462 e. The average molecular weight is 347 g/mol. The van der Waals surface area contributed by atoms with Gasteiger partial charge in [-0.25, -0.2) is 9.78 Å². The number of benzene rings is 2. The summed E-state index contributed by atoms with van der Waals surface area (Å²) in [5, 5.41) is 4.83. The van der Waals surface area contributed by atoms with Crippen LogP contribution in [0.1, 0.15) is 22.8 Å². The highest BCUT2D eigenvalue weighted by molar-refractivity contribution is 7.22. The number of esters is 1. The molecule has 0 fully saturated rings. The van der Waals surface area contributed by atoms with Gasteiger partial charge < -0.3 is 10.1 Å². The summed E-state index contributed by atoms with van der Waals surface area (Å²) in [6, 6.07) is 13.1. The number of carbonyl (C=O) groups is 1. The van der Waals surface area contributed by atoms with Crippen LogP contribution in [0, 0.1) is 0 Å². The van der Waals surface area contributed by atoms with Crippen molar-refractivity contribution in [3.63, 3.8) is 0 Å². The second-order valence-electron chi connectivity index (χ2n) is 4.90. The Morgan fingerprint density at radius 3 is 2.78 bits per heavy atom. The summed E-state index contributed by atoms with van der Waals surface area (Å²) in [7, 11) is 0. The lowest BCUT2D eigenvalue weighted by atomic mass is 10.2. The Hall–Kier alpha value is -2.11. The molecule has 0 radical (unpaired) electrons. The fourth-order valence-corrected chi connectivity index (χ4v) is 3.15. The maximum Gasteiger partial charge on any atom is 0.338 e. The number of hydrogen-bond acceptors (Lipinski definition) is 5. The molecule has 0 saturated carbocycles. The van der Waals surface area contributed by atoms with E-state index in [2.05, 4.69) is 10.3 Å². The first-order valence-corrected chi connectivity index (χ1v) is 8.41. The van der Waals surface area contributed by atoms with Gasteiger partial charge in [-0.15, -0.1) is 0 Å². The third kappa shape index (κ3) is 3.81. The summed E-state index contributed by atoms with van der Waals surface area (Å²) in [4.78, 5) is 16.3. The first kappa shape index (κ1) is 15.8. The molecular weight excluding hydrogens is 332 g/mol. The van der Waals surface area contributed by atoms with Crippen LogP contribution in [0.4, 0.5) is 5.13 Å². The van der Waals surface area contributed by atoms with Crippen molar-refractivity contribution < 1.29 is 9.53 Å². The van der Waals surface area contributed by atoms with E-state index in [0.29, 0.717) is 18.7 Å². The third-order valence-corrected chi connectivity index (χ3v) is 4.48. The summed E-state index contributed by atoms with van der Waals surface area (Å²) in [5.74, 6) is -0.307. The zero-order valence-corrected chi connectivity index (χ0v) is 14.1. The van der Waals surface area contributed by atoms with E-state index >= 15 is 0 Å². The molecule has 118 valence electrons. The maximum absolute atomic E-state index is 11.8. The van der Waals surface area contributed by atoms with Crippen molar-refractivity contribution in [3.05, 3.63) is 58.6 Å². The van der Waals surface area contributed by atoms with Crippen LogP contribution in [0.25, 0.3) is 10.2 Å². The second-order valence-corrected chi connectivity index (χ2v) is 6.37. The molecule has 0 aliphatic carbocycles. The van der Waals surface area contributed by atoms with Gasteiger partial charge in [0.2, 0.25) is 0 Å². The van der Waals surface area contributed by atoms with Gasteiger partial charge >= 0.3 is 5.97 Å². The van der Waals surface area contributed by atoms with E-state index < -0.39 is 0 Å². The first-order chi connectivity index (χ1) is 11.2. The molecule has 0 saturated heterocycles.